The Hall–Kier alpha value is -0.000000000000000111. The molecule has 0 N–H and O–H groups in total. The molecule has 0 aliphatic carbocycles. The van der Waals surface area contributed by atoms with Crippen LogP contribution in [0.15, 0.2) is 18.2 Å². The van der Waals surface area contributed by atoms with Crippen molar-refractivity contribution in [1.82, 2.24) is 0 Å². The molecule has 1 aromatic carbocycles. The Morgan fingerprint density at radius 1 is 1.43 bits per heavy atom. The molecule has 1 aromatic heterocycles. The third-order valence-corrected chi connectivity index (χ3v) is 3.91. The van der Waals surface area contributed by atoms with E-state index < -0.39 is 0 Å². The molecular formula is C10H8ClIOS. The van der Waals surface area contributed by atoms with Crippen molar-refractivity contribution in [2.75, 3.05) is 6.61 Å². The fourth-order valence-corrected chi connectivity index (χ4v) is 3.28. The highest BCUT2D eigenvalue weighted by atomic mass is 127. The Balaban J connectivity index is 2.58. The van der Waals surface area contributed by atoms with Crippen molar-refractivity contribution in [3.8, 4) is 5.75 Å². The summed E-state index contributed by atoms with van der Waals surface area (Å²) < 4.78 is 8.68. The normalized spacial score (nSPS) is 10.8. The van der Waals surface area contributed by atoms with Crippen molar-refractivity contribution in [3.05, 3.63) is 26.1 Å². The van der Waals surface area contributed by atoms with E-state index in [0.29, 0.717) is 6.61 Å². The molecule has 74 valence electrons. The summed E-state index contributed by atoms with van der Waals surface area (Å²) in [6, 6.07) is 6.13. The van der Waals surface area contributed by atoms with Gasteiger partial charge in [0.25, 0.3) is 0 Å². The molecule has 0 bridgehead atoms. The lowest BCUT2D eigenvalue weighted by Crippen LogP contribution is -1.93. The van der Waals surface area contributed by atoms with Crippen LogP contribution in [0.4, 0.5) is 0 Å². The number of fused-ring (bicyclic) bond motifs is 1. The van der Waals surface area contributed by atoms with E-state index in [4.69, 9.17) is 16.3 Å². The highest BCUT2D eigenvalue weighted by molar-refractivity contribution is 14.1. The topological polar surface area (TPSA) is 9.23 Å². The first kappa shape index (κ1) is 10.5. The largest absolute Gasteiger partial charge is 0.493 e. The zero-order valence-corrected chi connectivity index (χ0v) is 11.2. The number of hydrogen-bond donors (Lipinski definition) is 0. The Kier molecular flexibility index (Phi) is 3.19. The molecule has 2 rings (SSSR count). The Morgan fingerprint density at radius 3 is 2.93 bits per heavy atom. The second-order valence-electron chi connectivity index (χ2n) is 2.80. The van der Waals surface area contributed by atoms with Crippen molar-refractivity contribution < 1.29 is 4.74 Å². The van der Waals surface area contributed by atoms with Crippen LogP contribution in [-0.4, -0.2) is 6.61 Å². The molecule has 0 unspecified atom stereocenters. The molecule has 0 aliphatic rings. The van der Waals surface area contributed by atoms with Crippen molar-refractivity contribution >= 4 is 55.6 Å². The minimum absolute atomic E-state index is 0.694. The van der Waals surface area contributed by atoms with Gasteiger partial charge in [0.15, 0.2) is 0 Å². The van der Waals surface area contributed by atoms with Crippen molar-refractivity contribution in [1.29, 1.82) is 0 Å². The van der Waals surface area contributed by atoms with Crippen LogP contribution in [-0.2, 0) is 0 Å². The summed E-state index contributed by atoms with van der Waals surface area (Å²) in [4.78, 5) is 0. The van der Waals surface area contributed by atoms with Gasteiger partial charge in [-0.05, 0) is 53.1 Å². The monoisotopic (exact) mass is 338 g/mol. The van der Waals surface area contributed by atoms with Crippen molar-refractivity contribution in [2.24, 2.45) is 0 Å². The van der Waals surface area contributed by atoms with Gasteiger partial charge < -0.3 is 4.74 Å². The zero-order valence-electron chi connectivity index (χ0n) is 7.51. The fraction of sp³-hybridized carbons (Fsp3) is 0.200. The lowest BCUT2D eigenvalue weighted by Gasteiger charge is -2.05. The lowest BCUT2D eigenvalue weighted by molar-refractivity contribution is 0.338. The van der Waals surface area contributed by atoms with Crippen LogP contribution in [0.1, 0.15) is 6.92 Å². The highest BCUT2D eigenvalue weighted by Gasteiger charge is 2.06. The average molecular weight is 339 g/mol. The molecule has 0 saturated heterocycles. The van der Waals surface area contributed by atoms with Gasteiger partial charge in [0, 0.05) is 4.70 Å². The van der Waals surface area contributed by atoms with Crippen LogP contribution in [0.25, 0.3) is 10.1 Å². The number of halogens is 2. The van der Waals surface area contributed by atoms with Crippen LogP contribution in [0.2, 0.25) is 4.34 Å². The molecule has 0 spiro atoms. The standard InChI is InChI=1S/C10H8ClIOS/c1-2-13-8-3-6-4-10(11)14-9(6)5-7(8)12/h3-5H,2H2,1H3. The first-order valence-corrected chi connectivity index (χ1v) is 6.49. The highest BCUT2D eigenvalue weighted by Crippen LogP contribution is 2.34. The second-order valence-corrected chi connectivity index (χ2v) is 5.68. The molecule has 0 aliphatic heterocycles. The molecule has 1 nitrogen and oxygen atoms in total. The van der Waals surface area contributed by atoms with E-state index in [-0.39, 0.29) is 0 Å². The SMILES string of the molecule is CCOc1cc2cc(Cl)sc2cc1I. The number of rotatable bonds is 2. The van der Waals surface area contributed by atoms with Gasteiger partial charge in [0.05, 0.1) is 14.5 Å². The van der Waals surface area contributed by atoms with Crippen LogP contribution in [0, 0.1) is 3.57 Å². The smallest absolute Gasteiger partial charge is 0.133 e. The number of hydrogen-bond acceptors (Lipinski definition) is 2. The second kappa shape index (κ2) is 4.24. The lowest BCUT2D eigenvalue weighted by atomic mass is 10.2. The van der Waals surface area contributed by atoms with Crippen molar-refractivity contribution in [3.63, 3.8) is 0 Å². The van der Waals surface area contributed by atoms with Crippen LogP contribution in [0.5, 0.6) is 5.75 Å². The molecule has 4 heteroatoms. The third kappa shape index (κ3) is 1.99. The molecule has 0 amide bonds. The molecule has 1 heterocycles. The van der Waals surface area contributed by atoms with E-state index in [9.17, 15) is 0 Å². The maximum Gasteiger partial charge on any atom is 0.133 e. The number of ether oxygens (including phenoxy) is 1. The Morgan fingerprint density at radius 2 is 2.21 bits per heavy atom. The molecule has 2 aromatic rings. The quantitative estimate of drug-likeness (QED) is 0.730. The summed E-state index contributed by atoms with van der Waals surface area (Å²) in [6.45, 7) is 2.68. The van der Waals surface area contributed by atoms with Gasteiger partial charge in [-0.25, -0.2) is 0 Å². The van der Waals surface area contributed by atoms with Crippen LogP contribution in [0.3, 0.4) is 0 Å². The van der Waals surface area contributed by atoms with E-state index >= 15 is 0 Å². The fourth-order valence-electron chi connectivity index (χ4n) is 1.27. The molecule has 14 heavy (non-hydrogen) atoms. The summed E-state index contributed by atoms with van der Waals surface area (Å²) >= 11 is 9.82. The first-order chi connectivity index (χ1) is 6.70. The molecular weight excluding hydrogens is 331 g/mol. The minimum atomic E-state index is 0.694. The third-order valence-electron chi connectivity index (χ3n) is 1.84. The summed E-state index contributed by atoms with van der Waals surface area (Å²) in [5.41, 5.74) is 0. The van der Waals surface area contributed by atoms with Crippen LogP contribution >= 0.6 is 45.5 Å². The molecule has 0 fully saturated rings. The van der Waals surface area contributed by atoms with Gasteiger partial charge in [-0.3, -0.25) is 0 Å². The predicted molar refractivity (Wildman–Crippen MR) is 70.7 cm³/mol. The van der Waals surface area contributed by atoms with Gasteiger partial charge in [-0.15, -0.1) is 11.3 Å². The van der Waals surface area contributed by atoms with E-state index in [1.165, 1.54) is 4.70 Å². The van der Waals surface area contributed by atoms with Crippen molar-refractivity contribution in [2.45, 2.75) is 6.92 Å². The minimum Gasteiger partial charge on any atom is -0.493 e. The van der Waals surface area contributed by atoms with Gasteiger partial charge in [0.1, 0.15) is 5.75 Å². The maximum absolute atomic E-state index is 5.94. The maximum atomic E-state index is 5.94. The van der Waals surface area contributed by atoms with E-state index in [1.807, 2.05) is 19.1 Å². The average Bonchev–Trinajstić information content (AvgIpc) is 2.45. The zero-order chi connectivity index (χ0) is 10.1. The summed E-state index contributed by atoms with van der Waals surface area (Å²) in [6.07, 6.45) is 0. The Labute approximate surface area is 105 Å². The van der Waals surface area contributed by atoms with E-state index in [1.54, 1.807) is 11.3 Å². The van der Waals surface area contributed by atoms with E-state index in [0.717, 1.165) is 19.0 Å². The number of benzene rings is 1. The summed E-state index contributed by atoms with van der Waals surface area (Å²) in [5.74, 6) is 0.940. The van der Waals surface area contributed by atoms with Gasteiger partial charge in [-0.2, -0.15) is 0 Å². The van der Waals surface area contributed by atoms with E-state index in [2.05, 4.69) is 28.7 Å². The molecule has 0 radical (unpaired) electrons. The molecule has 0 atom stereocenters. The first-order valence-electron chi connectivity index (χ1n) is 4.22. The van der Waals surface area contributed by atoms with Gasteiger partial charge in [0.2, 0.25) is 0 Å². The summed E-state index contributed by atoms with van der Waals surface area (Å²) in [5, 5.41) is 1.16. The predicted octanol–water partition coefficient (Wildman–Crippen LogP) is 4.56. The van der Waals surface area contributed by atoms with Gasteiger partial charge in [-0.1, -0.05) is 11.6 Å². The van der Waals surface area contributed by atoms with Gasteiger partial charge >= 0.3 is 0 Å². The van der Waals surface area contributed by atoms with Crippen LogP contribution < -0.4 is 4.74 Å². The number of thiophene rings is 1. The molecule has 0 saturated carbocycles. The summed E-state index contributed by atoms with van der Waals surface area (Å²) in [7, 11) is 0. The Bertz CT molecular complexity index is 466.